The van der Waals surface area contributed by atoms with Crippen molar-refractivity contribution in [1.29, 1.82) is 0 Å². The molecular weight excluding hydrogens is 296 g/mol. The van der Waals surface area contributed by atoms with Gasteiger partial charge in [-0.05, 0) is 13.3 Å². The minimum Gasteiger partial charge on any atom is -1.00 e. The van der Waals surface area contributed by atoms with Crippen molar-refractivity contribution >= 4 is 5.97 Å². The minimum atomic E-state index is -0.150. The number of rotatable bonds is 3. The summed E-state index contributed by atoms with van der Waals surface area (Å²) in [5.41, 5.74) is 0. The topological polar surface area (TPSA) is 26.3 Å². The molecule has 0 fully saturated rings. The molecule has 0 amide bonds. The van der Waals surface area contributed by atoms with E-state index in [0.717, 1.165) is 0 Å². The molecule has 0 spiro atoms. The predicted molar refractivity (Wildman–Crippen MR) is 31.2 cm³/mol. The molecule has 0 aliphatic heterocycles. The van der Waals surface area contributed by atoms with Gasteiger partial charge in [-0.1, -0.05) is 6.92 Å². The van der Waals surface area contributed by atoms with Gasteiger partial charge in [-0.2, -0.15) is 0 Å². The number of ether oxygens (including phenoxy) is 1. The fourth-order valence-corrected chi connectivity index (χ4v) is 0.377. The zero-order valence-corrected chi connectivity index (χ0v) is 11.4. The van der Waals surface area contributed by atoms with Gasteiger partial charge < -0.3 is 28.7 Å². The Hall–Kier alpha value is 0.823. The number of hydrogen-bond acceptors (Lipinski definition) is 2. The van der Waals surface area contributed by atoms with E-state index in [1.165, 1.54) is 0 Å². The molecule has 0 N–H and O–H groups in total. The van der Waals surface area contributed by atoms with Gasteiger partial charge in [0, 0.05) is 25.9 Å². The first kappa shape index (κ1) is 17.1. The monoisotopic (exact) mass is 306 g/mol. The van der Waals surface area contributed by atoms with Crippen LogP contribution in [0.5, 0.6) is 0 Å². The zero-order valence-electron chi connectivity index (χ0n) is 6.23. The number of halogens is 1. The van der Waals surface area contributed by atoms with Crippen molar-refractivity contribution in [3.8, 4) is 0 Å². The maximum atomic E-state index is 10.4. The Bertz CT molecular complexity index is 70.1. The van der Waals surface area contributed by atoms with Crippen molar-refractivity contribution in [2.24, 2.45) is 0 Å². The van der Waals surface area contributed by atoms with Crippen LogP contribution >= 0.6 is 0 Å². The van der Waals surface area contributed by atoms with E-state index < -0.39 is 0 Å². The Balaban J connectivity index is -0.000000245. The molecule has 0 aromatic heterocycles. The second-order valence-electron chi connectivity index (χ2n) is 1.41. The van der Waals surface area contributed by atoms with E-state index in [-0.39, 0.29) is 49.4 Å². The summed E-state index contributed by atoms with van der Waals surface area (Å²) in [5.74, 6) is -0.150. The van der Waals surface area contributed by atoms with Crippen LogP contribution in [0.25, 0.3) is 0 Å². The van der Waals surface area contributed by atoms with Crippen LogP contribution in [0.15, 0.2) is 0 Å². The van der Waals surface area contributed by atoms with Crippen molar-refractivity contribution < 1.29 is 53.0 Å². The third-order valence-corrected chi connectivity index (χ3v) is 0.686. The van der Waals surface area contributed by atoms with Gasteiger partial charge >= 0.3 is 5.97 Å². The van der Waals surface area contributed by atoms with Crippen molar-refractivity contribution in [2.45, 2.75) is 19.8 Å². The second kappa shape index (κ2) is 12.5. The molecule has 2 nitrogen and oxygen atoms in total. The van der Waals surface area contributed by atoms with Crippen LogP contribution in [0.1, 0.15) is 19.8 Å². The third-order valence-electron chi connectivity index (χ3n) is 0.686. The van der Waals surface area contributed by atoms with Gasteiger partial charge in [0.05, 0.1) is 6.61 Å². The molecule has 0 aromatic carbocycles. The molecule has 0 heterocycles. The normalized spacial score (nSPS) is 7.00. The van der Waals surface area contributed by atoms with Crippen molar-refractivity contribution in [2.75, 3.05) is 6.61 Å². The largest absolute Gasteiger partial charge is 1.00 e. The molecular formula is C6H11IO2Zn-. The van der Waals surface area contributed by atoms with Crippen molar-refractivity contribution in [1.82, 2.24) is 0 Å². The molecule has 1 radical (unpaired) electrons. The third kappa shape index (κ3) is 11.6. The van der Waals surface area contributed by atoms with Crippen LogP contribution in [-0.4, -0.2) is 12.6 Å². The molecule has 0 bridgehead atoms. The van der Waals surface area contributed by atoms with E-state index in [2.05, 4.69) is 11.7 Å². The molecule has 10 heavy (non-hydrogen) atoms. The van der Waals surface area contributed by atoms with E-state index in [4.69, 9.17) is 0 Å². The minimum absolute atomic E-state index is 0. The molecule has 0 rings (SSSR count). The standard InChI is InChI=1S/C6H11O2.HI.Zn/c1-3-5-6(7)8-4-2;;/h1,3-5H2,2H3;1H;/p-1. The Morgan fingerprint density at radius 1 is 1.60 bits per heavy atom. The van der Waals surface area contributed by atoms with E-state index in [9.17, 15) is 4.79 Å². The maximum Gasteiger partial charge on any atom is 0.305 e. The molecule has 0 unspecified atom stereocenters. The van der Waals surface area contributed by atoms with Gasteiger partial charge in [-0.15, -0.1) is 0 Å². The van der Waals surface area contributed by atoms with Crippen LogP contribution in [0, 0.1) is 6.92 Å². The fraction of sp³-hybridized carbons (Fsp3) is 0.667. The molecule has 4 heteroatoms. The first-order chi connectivity index (χ1) is 3.81. The number of carbonyl (C=O) groups excluding carboxylic acids is 1. The zero-order chi connectivity index (χ0) is 6.41. The van der Waals surface area contributed by atoms with E-state index >= 15 is 0 Å². The predicted octanol–water partition coefficient (Wildman–Crippen LogP) is -1.83. The summed E-state index contributed by atoms with van der Waals surface area (Å²) in [4.78, 5) is 10.4. The number of carbonyl (C=O) groups is 1. The Kier molecular flexibility index (Phi) is 21.3. The van der Waals surface area contributed by atoms with E-state index in [0.29, 0.717) is 19.4 Å². The van der Waals surface area contributed by atoms with Gasteiger partial charge in [0.1, 0.15) is 0 Å². The fourth-order valence-electron chi connectivity index (χ4n) is 0.377. The van der Waals surface area contributed by atoms with Crippen LogP contribution in [0.4, 0.5) is 0 Å². The summed E-state index contributed by atoms with van der Waals surface area (Å²) in [6.45, 7) is 5.77. The van der Waals surface area contributed by atoms with E-state index in [1.54, 1.807) is 6.92 Å². The molecule has 0 aliphatic carbocycles. The van der Waals surface area contributed by atoms with Gasteiger partial charge in [-0.3, -0.25) is 4.79 Å². The molecule has 57 valence electrons. The first-order valence-electron chi connectivity index (χ1n) is 2.76. The molecule has 0 saturated heterocycles. The van der Waals surface area contributed by atoms with Crippen molar-refractivity contribution in [3.63, 3.8) is 0 Å². The summed E-state index contributed by atoms with van der Waals surface area (Å²) >= 11 is 0. The van der Waals surface area contributed by atoms with Gasteiger partial charge in [0.25, 0.3) is 0 Å². The Morgan fingerprint density at radius 2 is 2.10 bits per heavy atom. The molecule has 0 saturated carbocycles. The molecule has 0 aliphatic rings. The number of esters is 1. The van der Waals surface area contributed by atoms with Gasteiger partial charge in [0.15, 0.2) is 0 Å². The SMILES string of the molecule is [CH2]CCC(=O)OCC.[I-].[Zn]. The maximum absolute atomic E-state index is 10.4. The number of hydrogen-bond donors (Lipinski definition) is 0. The molecule has 0 aromatic rings. The second-order valence-corrected chi connectivity index (χ2v) is 1.41. The summed E-state index contributed by atoms with van der Waals surface area (Å²) in [6, 6.07) is 0. The van der Waals surface area contributed by atoms with Crippen LogP contribution < -0.4 is 24.0 Å². The van der Waals surface area contributed by atoms with E-state index in [1.807, 2.05) is 0 Å². The Morgan fingerprint density at radius 3 is 2.40 bits per heavy atom. The summed E-state index contributed by atoms with van der Waals surface area (Å²) < 4.78 is 4.60. The van der Waals surface area contributed by atoms with Crippen LogP contribution in [-0.2, 0) is 29.0 Å². The summed E-state index contributed by atoms with van der Waals surface area (Å²) in [7, 11) is 0. The Labute approximate surface area is 91.9 Å². The van der Waals surface area contributed by atoms with Crippen LogP contribution in [0.3, 0.4) is 0 Å². The first-order valence-corrected chi connectivity index (χ1v) is 2.76. The van der Waals surface area contributed by atoms with Crippen molar-refractivity contribution in [3.05, 3.63) is 6.92 Å². The average molecular weight is 307 g/mol. The summed E-state index contributed by atoms with van der Waals surface area (Å²) in [6.07, 6.45) is 1.06. The average Bonchev–Trinajstić information content (AvgIpc) is 1.68. The quantitative estimate of drug-likeness (QED) is 0.348. The molecule has 0 atom stereocenters. The van der Waals surface area contributed by atoms with Crippen LogP contribution in [0.2, 0.25) is 0 Å². The van der Waals surface area contributed by atoms with Gasteiger partial charge in [-0.25, -0.2) is 0 Å². The smallest absolute Gasteiger partial charge is 0.305 e. The van der Waals surface area contributed by atoms with Gasteiger partial charge in [0.2, 0.25) is 0 Å². The summed E-state index contributed by atoms with van der Waals surface area (Å²) in [5, 5.41) is 0.